The van der Waals surface area contributed by atoms with Crippen LogP contribution in [0.3, 0.4) is 0 Å². The summed E-state index contributed by atoms with van der Waals surface area (Å²) in [6.07, 6.45) is 1.07. The summed E-state index contributed by atoms with van der Waals surface area (Å²) < 4.78 is 0.723. The van der Waals surface area contributed by atoms with Crippen LogP contribution < -0.4 is 0 Å². The van der Waals surface area contributed by atoms with E-state index in [1.54, 1.807) is 6.07 Å². The normalized spacial score (nSPS) is 8.45. The SMILES string of the molecule is O=CCC#Cc1ccc(Cl)s1. The molecular formula is C8H5ClOS. The van der Waals surface area contributed by atoms with E-state index in [-0.39, 0.29) is 6.42 Å². The van der Waals surface area contributed by atoms with Crippen molar-refractivity contribution in [1.82, 2.24) is 0 Å². The van der Waals surface area contributed by atoms with Crippen LogP contribution in [0.25, 0.3) is 0 Å². The molecule has 1 rings (SSSR count). The third kappa shape index (κ3) is 2.75. The summed E-state index contributed by atoms with van der Waals surface area (Å²) in [5, 5.41) is 0. The van der Waals surface area contributed by atoms with Gasteiger partial charge in [-0.1, -0.05) is 23.4 Å². The second-order valence-electron chi connectivity index (χ2n) is 1.78. The maximum Gasteiger partial charge on any atom is 0.131 e. The number of carbonyl (C=O) groups is 1. The largest absolute Gasteiger partial charge is 0.302 e. The van der Waals surface area contributed by atoms with Gasteiger partial charge in [0.1, 0.15) is 6.29 Å². The van der Waals surface area contributed by atoms with Crippen molar-refractivity contribution in [2.24, 2.45) is 0 Å². The van der Waals surface area contributed by atoms with E-state index in [2.05, 4.69) is 11.8 Å². The number of aldehydes is 1. The Morgan fingerprint density at radius 2 is 2.45 bits per heavy atom. The van der Waals surface area contributed by atoms with Gasteiger partial charge >= 0.3 is 0 Å². The van der Waals surface area contributed by atoms with Gasteiger partial charge in [0.05, 0.1) is 15.6 Å². The molecule has 0 spiro atoms. The Bertz CT molecular complexity index is 305. The molecule has 1 aromatic heterocycles. The number of hydrogen-bond donors (Lipinski definition) is 0. The number of rotatable bonds is 1. The van der Waals surface area contributed by atoms with Crippen molar-refractivity contribution in [3.05, 3.63) is 21.3 Å². The minimum absolute atomic E-state index is 0.287. The summed E-state index contributed by atoms with van der Waals surface area (Å²) in [7, 11) is 0. The lowest BCUT2D eigenvalue weighted by Gasteiger charge is -1.73. The van der Waals surface area contributed by atoms with E-state index in [0.717, 1.165) is 15.5 Å². The zero-order valence-corrected chi connectivity index (χ0v) is 7.21. The molecule has 1 heterocycles. The predicted octanol–water partition coefficient (Wildman–Crippen LogP) is 2.34. The van der Waals surface area contributed by atoms with E-state index in [9.17, 15) is 4.79 Å². The third-order valence-corrected chi connectivity index (χ3v) is 2.12. The lowest BCUT2D eigenvalue weighted by Crippen LogP contribution is -1.66. The lowest BCUT2D eigenvalue weighted by atomic mass is 10.4. The molecule has 0 radical (unpaired) electrons. The molecule has 0 atom stereocenters. The fraction of sp³-hybridized carbons (Fsp3) is 0.125. The number of hydrogen-bond acceptors (Lipinski definition) is 2. The molecule has 1 aromatic rings. The van der Waals surface area contributed by atoms with Crippen molar-refractivity contribution in [3.8, 4) is 11.8 Å². The topological polar surface area (TPSA) is 17.1 Å². The lowest BCUT2D eigenvalue weighted by molar-refractivity contribution is -0.107. The summed E-state index contributed by atoms with van der Waals surface area (Å²) in [6.45, 7) is 0. The molecule has 11 heavy (non-hydrogen) atoms. The van der Waals surface area contributed by atoms with Crippen LogP contribution in [0.15, 0.2) is 12.1 Å². The maximum absolute atomic E-state index is 9.88. The first-order valence-electron chi connectivity index (χ1n) is 3.01. The molecule has 0 saturated heterocycles. The predicted molar refractivity (Wildman–Crippen MR) is 46.9 cm³/mol. The Labute approximate surface area is 74.0 Å². The molecule has 0 saturated carbocycles. The highest BCUT2D eigenvalue weighted by molar-refractivity contribution is 7.16. The molecule has 3 heteroatoms. The molecule has 56 valence electrons. The number of carbonyl (C=O) groups excluding carboxylic acids is 1. The van der Waals surface area contributed by atoms with Gasteiger partial charge in [-0.05, 0) is 12.1 Å². The van der Waals surface area contributed by atoms with Crippen LogP contribution in [-0.2, 0) is 4.79 Å². The van der Waals surface area contributed by atoms with E-state index in [4.69, 9.17) is 11.6 Å². The van der Waals surface area contributed by atoms with Gasteiger partial charge in [0.25, 0.3) is 0 Å². The van der Waals surface area contributed by atoms with Crippen molar-refractivity contribution in [1.29, 1.82) is 0 Å². The van der Waals surface area contributed by atoms with Gasteiger partial charge in [0.2, 0.25) is 0 Å². The van der Waals surface area contributed by atoms with Crippen LogP contribution in [0.4, 0.5) is 0 Å². The zero-order valence-electron chi connectivity index (χ0n) is 5.63. The van der Waals surface area contributed by atoms with Crippen LogP contribution in [0, 0.1) is 11.8 Å². The molecule has 0 N–H and O–H groups in total. The van der Waals surface area contributed by atoms with Gasteiger partial charge in [0.15, 0.2) is 0 Å². The Kier molecular flexibility index (Phi) is 3.15. The van der Waals surface area contributed by atoms with Gasteiger partial charge in [-0.2, -0.15) is 0 Å². The minimum atomic E-state index is 0.287. The summed E-state index contributed by atoms with van der Waals surface area (Å²) in [4.78, 5) is 10.8. The maximum atomic E-state index is 9.88. The molecule has 0 aromatic carbocycles. The molecule has 0 bridgehead atoms. The van der Waals surface area contributed by atoms with Crippen molar-refractivity contribution < 1.29 is 4.79 Å². The molecule has 0 fully saturated rings. The fourth-order valence-electron chi connectivity index (χ4n) is 0.561. The van der Waals surface area contributed by atoms with E-state index in [1.165, 1.54) is 11.3 Å². The standard InChI is InChI=1S/C8H5ClOS/c9-8-5-4-7(11-8)3-1-2-6-10/h4-6H,2H2. The Balaban J connectivity index is 2.65. The quantitative estimate of drug-likeness (QED) is 0.484. The zero-order chi connectivity index (χ0) is 8.10. The first-order chi connectivity index (χ1) is 5.33. The van der Waals surface area contributed by atoms with Gasteiger partial charge in [-0.25, -0.2) is 0 Å². The third-order valence-electron chi connectivity index (χ3n) is 0.970. The van der Waals surface area contributed by atoms with E-state index in [1.807, 2.05) is 6.07 Å². The van der Waals surface area contributed by atoms with Crippen molar-refractivity contribution in [2.45, 2.75) is 6.42 Å². The van der Waals surface area contributed by atoms with Crippen LogP contribution in [0.5, 0.6) is 0 Å². The van der Waals surface area contributed by atoms with E-state index >= 15 is 0 Å². The molecule has 0 amide bonds. The Hall–Kier alpha value is -0.780. The second-order valence-corrected chi connectivity index (χ2v) is 3.49. The number of thiophene rings is 1. The van der Waals surface area contributed by atoms with Gasteiger partial charge in [-0.3, -0.25) is 0 Å². The molecule has 0 aliphatic rings. The number of halogens is 1. The van der Waals surface area contributed by atoms with Crippen molar-refractivity contribution in [2.75, 3.05) is 0 Å². The average molecular weight is 185 g/mol. The van der Waals surface area contributed by atoms with Gasteiger partial charge in [-0.15, -0.1) is 11.3 Å². The minimum Gasteiger partial charge on any atom is -0.302 e. The smallest absolute Gasteiger partial charge is 0.131 e. The van der Waals surface area contributed by atoms with E-state index in [0.29, 0.717) is 0 Å². The first kappa shape index (κ1) is 8.32. The van der Waals surface area contributed by atoms with Crippen LogP contribution >= 0.6 is 22.9 Å². The van der Waals surface area contributed by atoms with Gasteiger partial charge in [0, 0.05) is 0 Å². The molecule has 1 nitrogen and oxygen atoms in total. The Morgan fingerprint density at radius 3 is 3.00 bits per heavy atom. The second kappa shape index (κ2) is 4.17. The van der Waals surface area contributed by atoms with Crippen LogP contribution in [0.1, 0.15) is 11.3 Å². The highest BCUT2D eigenvalue weighted by Crippen LogP contribution is 2.19. The molecule has 0 aliphatic carbocycles. The van der Waals surface area contributed by atoms with E-state index < -0.39 is 0 Å². The monoisotopic (exact) mass is 184 g/mol. The van der Waals surface area contributed by atoms with Crippen molar-refractivity contribution in [3.63, 3.8) is 0 Å². The summed E-state index contributed by atoms with van der Waals surface area (Å²) in [5.74, 6) is 5.52. The van der Waals surface area contributed by atoms with Crippen molar-refractivity contribution >= 4 is 29.2 Å². The summed E-state index contributed by atoms with van der Waals surface area (Å²) in [5.41, 5.74) is 0. The van der Waals surface area contributed by atoms with Crippen LogP contribution in [-0.4, -0.2) is 6.29 Å². The molecule has 0 aliphatic heterocycles. The van der Waals surface area contributed by atoms with Gasteiger partial charge < -0.3 is 4.79 Å². The highest BCUT2D eigenvalue weighted by atomic mass is 35.5. The first-order valence-corrected chi connectivity index (χ1v) is 4.20. The Morgan fingerprint density at radius 1 is 1.64 bits per heavy atom. The highest BCUT2D eigenvalue weighted by Gasteiger charge is 1.91. The summed E-state index contributed by atoms with van der Waals surface area (Å²) >= 11 is 7.07. The molecular weight excluding hydrogens is 180 g/mol. The average Bonchev–Trinajstić information content (AvgIpc) is 2.37. The van der Waals surface area contributed by atoms with Crippen LogP contribution in [0.2, 0.25) is 4.34 Å². The summed E-state index contributed by atoms with van der Waals surface area (Å²) in [6, 6.07) is 3.63. The molecule has 0 unspecified atom stereocenters. The fourth-order valence-corrected chi connectivity index (χ4v) is 1.48.